The summed E-state index contributed by atoms with van der Waals surface area (Å²) in [6.07, 6.45) is 4.39. The molecule has 4 rings (SSSR count). The van der Waals surface area contributed by atoms with Gasteiger partial charge in [-0.1, -0.05) is 6.07 Å². The number of anilines is 1. The van der Waals surface area contributed by atoms with Gasteiger partial charge in [-0.2, -0.15) is 0 Å². The predicted molar refractivity (Wildman–Crippen MR) is 97.7 cm³/mol. The summed E-state index contributed by atoms with van der Waals surface area (Å²) in [4.78, 5) is 12.4. The highest BCUT2D eigenvalue weighted by molar-refractivity contribution is 7.89. The molecule has 0 spiro atoms. The van der Waals surface area contributed by atoms with E-state index >= 15 is 0 Å². The van der Waals surface area contributed by atoms with Gasteiger partial charge in [-0.05, 0) is 49.6 Å². The van der Waals surface area contributed by atoms with Gasteiger partial charge in [0.1, 0.15) is 5.76 Å². The fourth-order valence-electron chi connectivity index (χ4n) is 3.58. The molecule has 1 aliphatic heterocycles. The van der Waals surface area contributed by atoms with Crippen molar-refractivity contribution in [2.75, 3.05) is 11.9 Å². The summed E-state index contributed by atoms with van der Waals surface area (Å²) in [6.45, 7) is 0.577. The molecule has 2 aliphatic rings. The fourth-order valence-corrected chi connectivity index (χ4v) is 4.62. The molecule has 2 fully saturated rings. The molecule has 1 saturated carbocycles. The maximum Gasteiger partial charge on any atom is 0.319 e. The molecule has 3 N–H and O–H groups in total. The van der Waals surface area contributed by atoms with Crippen molar-refractivity contribution in [2.24, 2.45) is 0 Å². The molecule has 27 heavy (non-hydrogen) atoms. The Labute approximate surface area is 157 Å². The number of hydrogen-bond donors (Lipinski definition) is 3. The third-order valence-electron chi connectivity index (χ3n) is 4.96. The van der Waals surface area contributed by atoms with Crippen molar-refractivity contribution in [2.45, 2.75) is 42.3 Å². The highest BCUT2D eigenvalue weighted by atomic mass is 32.2. The molecule has 1 aliphatic carbocycles. The molecule has 0 radical (unpaired) electrons. The Kier molecular flexibility index (Phi) is 4.67. The summed E-state index contributed by atoms with van der Waals surface area (Å²) in [7, 11) is -3.73. The van der Waals surface area contributed by atoms with E-state index in [-0.39, 0.29) is 29.1 Å². The van der Waals surface area contributed by atoms with Gasteiger partial charge in [-0.3, -0.25) is 0 Å². The van der Waals surface area contributed by atoms with Crippen LogP contribution in [0.1, 0.15) is 25.0 Å². The average Bonchev–Trinajstić information content (AvgIpc) is 3.37. The van der Waals surface area contributed by atoms with Gasteiger partial charge in [0.2, 0.25) is 10.0 Å². The van der Waals surface area contributed by atoms with Crippen molar-refractivity contribution < 1.29 is 22.4 Å². The third-order valence-corrected chi connectivity index (χ3v) is 6.35. The van der Waals surface area contributed by atoms with Crippen LogP contribution < -0.4 is 15.4 Å². The molecular formula is C18H21N3O5S. The summed E-state index contributed by atoms with van der Waals surface area (Å²) >= 11 is 0. The normalized spacial score (nSPS) is 24.1. The van der Waals surface area contributed by atoms with E-state index in [1.54, 1.807) is 24.3 Å². The second-order valence-corrected chi connectivity index (χ2v) is 8.73. The molecule has 1 saturated heterocycles. The maximum atomic E-state index is 12.4. The van der Waals surface area contributed by atoms with Crippen LogP contribution in [0.15, 0.2) is 52.0 Å². The van der Waals surface area contributed by atoms with E-state index in [1.807, 2.05) is 0 Å². The first-order valence-corrected chi connectivity index (χ1v) is 10.3. The van der Waals surface area contributed by atoms with Crippen LogP contribution in [0, 0.1) is 0 Å². The van der Waals surface area contributed by atoms with Crippen LogP contribution in [-0.4, -0.2) is 32.7 Å². The van der Waals surface area contributed by atoms with Crippen molar-refractivity contribution >= 4 is 21.7 Å². The Morgan fingerprint density at radius 2 is 2.15 bits per heavy atom. The summed E-state index contributed by atoms with van der Waals surface area (Å²) in [5.74, 6) is 0.514. The van der Waals surface area contributed by atoms with Crippen molar-refractivity contribution in [3.05, 3.63) is 48.4 Å². The molecule has 144 valence electrons. The van der Waals surface area contributed by atoms with Crippen molar-refractivity contribution in [1.82, 2.24) is 10.0 Å². The van der Waals surface area contributed by atoms with Gasteiger partial charge in [-0.25, -0.2) is 17.9 Å². The first kappa shape index (κ1) is 18.0. The zero-order valence-electron chi connectivity index (χ0n) is 14.6. The number of ether oxygens (including phenoxy) is 1. The van der Waals surface area contributed by atoms with Gasteiger partial charge in [-0.15, -0.1) is 0 Å². The Morgan fingerprint density at radius 3 is 2.81 bits per heavy atom. The van der Waals surface area contributed by atoms with Crippen LogP contribution in [0.5, 0.6) is 0 Å². The Hall–Kier alpha value is -2.36. The van der Waals surface area contributed by atoms with Crippen LogP contribution in [0.25, 0.3) is 0 Å². The standard InChI is InChI=1S/C18H21N3O5S/c22-17(21-18-7-6-14(10-18)26-12-18)20-13-3-1-5-16(9-13)27(23,24)19-11-15-4-2-8-25-15/h1-5,8-9,14,19H,6-7,10-12H2,(H2,20,21,22). The molecule has 2 heterocycles. The number of nitrogens with one attached hydrogen (secondary N) is 3. The van der Waals surface area contributed by atoms with Crippen molar-refractivity contribution in [1.29, 1.82) is 0 Å². The van der Waals surface area contributed by atoms with Gasteiger partial charge in [0.15, 0.2) is 0 Å². The monoisotopic (exact) mass is 391 g/mol. The number of fused-ring (bicyclic) bond motifs is 2. The first-order chi connectivity index (χ1) is 12.9. The first-order valence-electron chi connectivity index (χ1n) is 8.77. The van der Waals surface area contributed by atoms with Gasteiger partial charge in [0, 0.05) is 5.69 Å². The second kappa shape index (κ2) is 6.99. The Balaban J connectivity index is 1.40. The molecule has 2 atom stereocenters. The van der Waals surface area contributed by atoms with Gasteiger partial charge in [0.05, 0.1) is 36.0 Å². The third kappa shape index (κ3) is 4.00. The zero-order valence-corrected chi connectivity index (χ0v) is 15.4. The van der Waals surface area contributed by atoms with E-state index in [9.17, 15) is 13.2 Å². The van der Waals surface area contributed by atoms with E-state index in [1.165, 1.54) is 18.4 Å². The Morgan fingerprint density at radius 1 is 1.26 bits per heavy atom. The molecule has 1 aromatic heterocycles. The fraction of sp³-hybridized carbons (Fsp3) is 0.389. The molecule has 8 nitrogen and oxygen atoms in total. The number of benzene rings is 1. The quantitative estimate of drug-likeness (QED) is 0.699. The number of urea groups is 1. The predicted octanol–water partition coefficient (Wildman–Crippen LogP) is 2.20. The van der Waals surface area contributed by atoms with E-state index < -0.39 is 10.0 Å². The lowest BCUT2D eigenvalue weighted by Gasteiger charge is -2.27. The minimum atomic E-state index is -3.73. The zero-order chi connectivity index (χ0) is 18.9. The van der Waals surface area contributed by atoms with Crippen LogP contribution in [0.4, 0.5) is 10.5 Å². The summed E-state index contributed by atoms with van der Waals surface area (Å²) in [5, 5.41) is 5.69. The number of sulfonamides is 1. The number of carbonyl (C=O) groups excluding carboxylic acids is 1. The van der Waals surface area contributed by atoms with Crippen LogP contribution >= 0.6 is 0 Å². The lowest BCUT2D eigenvalue weighted by molar-refractivity contribution is 0.0659. The van der Waals surface area contributed by atoms with Crippen molar-refractivity contribution in [3.63, 3.8) is 0 Å². The minimum Gasteiger partial charge on any atom is -0.468 e. The average molecular weight is 391 g/mol. The highest BCUT2D eigenvalue weighted by Crippen LogP contribution is 2.38. The molecule has 2 unspecified atom stereocenters. The Bertz CT molecular complexity index is 918. The van der Waals surface area contributed by atoms with Gasteiger partial charge in [0.25, 0.3) is 0 Å². The maximum absolute atomic E-state index is 12.4. The lowest BCUT2D eigenvalue weighted by atomic mass is 10.0. The van der Waals surface area contributed by atoms with Gasteiger partial charge >= 0.3 is 6.03 Å². The van der Waals surface area contributed by atoms with Crippen LogP contribution in [0.2, 0.25) is 0 Å². The molecule has 2 amide bonds. The summed E-state index contributed by atoms with van der Waals surface area (Å²) < 4.78 is 38.1. The smallest absolute Gasteiger partial charge is 0.319 e. The van der Waals surface area contributed by atoms with Crippen molar-refractivity contribution in [3.8, 4) is 0 Å². The van der Waals surface area contributed by atoms with E-state index in [0.29, 0.717) is 18.1 Å². The lowest BCUT2D eigenvalue weighted by Crippen LogP contribution is -2.49. The largest absolute Gasteiger partial charge is 0.468 e. The number of amides is 2. The number of furan rings is 1. The van der Waals surface area contributed by atoms with Crippen LogP contribution in [0.3, 0.4) is 0 Å². The molecular weight excluding hydrogens is 370 g/mol. The summed E-state index contributed by atoms with van der Waals surface area (Å²) in [6, 6.07) is 9.13. The minimum absolute atomic E-state index is 0.0527. The number of rotatable bonds is 6. The molecule has 2 aromatic rings. The van der Waals surface area contributed by atoms with Crippen LogP contribution in [-0.2, 0) is 21.3 Å². The van der Waals surface area contributed by atoms with E-state index in [4.69, 9.17) is 9.15 Å². The molecule has 2 bridgehead atoms. The highest BCUT2D eigenvalue weighted by Gasteiger charge is 2.47. The number of hydrogen-bond acceptors (Lipinski definition) is 5. The molecule has 9 heteroatoms. The van der Waals surface area contributed by atoms with Gasteiger partial charge < -0.3 is 19.8 Å². The van der Waals surface area contributed by atoms with E-state index in [0.717, 1.165) is 19.3 Å². The SMILES string of the molecule is O=C(Nc1cccc(S(=O)(=O)NCc2ccco2)c1)NC12CCC(C1)OC2. The number of carbonyl (C=O) groups is 1. The van der Waals surface area contributed by atoms with E-state index in [2.05, 4.69) is 15.4 Å². The topological polar surface area (TPSA) is 110 Å². The molecule has 1 aromatic carbocycles. The second-order valence-electron chi connectivity index (χ2n) is 6.97. The summed E-state index contributed by atoms with van der Waals surface area (Å²) in [5.41, 5.74) is 0.0986.